The van der Waals surface area contributed by atoms with Gasteiger partial charge in [-0.15, -0.1) is 0 Å². The van der Waals surface area contributed by atoms with Crippen LogP contribution in [0, 0.1) is 0 Å². The highest BCUT2D eigenvalue weighted by atomic mass is 32.2. The molecule has 2 aromatic rings. The van der Waals surface area contributed by atoms with E-state index in [9.17, 15) is 8.42 Å². The van der Waals surface area contributed by atoms with Crippen molar-refractivity contribution in [1.29, 1.82) is 0 Å². The van der Waals surface area contributed by atoms with Gasteiger partial charge in [0.15, 0.2) is 0 Å². The number of anilines is 1. The Morgan fingerprint density at radius 1 is 1.22 bits per heavy atom. The zero-order valence-electron chi connectivity index (χ0n) is 15.3. The fourth-order valence-electron chi connectivity index (χ4n) is 2.64. The Balaban J connectivity index is 1.51. The lowest BCUT2D eigenvalue weighted by Gasteiger charge is -2.21. The van der Waals surface area contributed by atoms with Gasteiger partial charge < -0.3 is 15.0 Å². The minimum Gasteiger partial charge on any atom is -0.478 e. The molecule has 0 amide bonds. The number of nitrogens with one attached hydrogen (secondary N) is 2. The summed E-state index contributed by atoms with van der Waals surface area (Å²) < 4.78 is 32.5. The first-order chi connectivity index (χ1) is 12.9. The van der Waals surface area contributed by atoms with Crippen molar-refractivity contribution in [3.8, 4) is 5.88 Å². The second kappa shape index (κ2) is 8.36. The number of hydrogen-bond acceptors (Lipinski definition) is 6. The lowest BCUT2D eigenvalue weighted by molar-refractivity contribution is 0.300. The molecular formula is C18H23N5O3S. The number of benzene rings is 1. The van der Waals surface area contributed by atoms with Gasteiger partial charge in [0.25, 0.3) is 10.0 Å². The van der Waals surface area contributed by atoms with Gasteiger partial charge in [0.05, 0.1) is 12.3 Å². The molecule has 1 aromatic heterocycles. The third-order valence-electron chi connectivity index (χ3n) is 3.78. The van der Waals surface area contributed by atoms with Crippen LogP contribution in [0.15, 0.2) is 52.5 Å². The van der Waals surface area contributed by atoms with E-state index < -0.39 is 10.0 Å². The van der Waals surface area contributed by atoms with Gasteiger partial charge in [-0.1, -0.05) is 12.1 Å². The fourth-order valence-corrected chi connectivity index (χ4v) is 3.78. The van der Waals surface area contributed by atoms with Crippen molar-refractivity contribution in [2.45, 2.75) is 17.9 Å². The topological polar surface area (TPSA) is 95.9 Å². The number of rotatable bonds is 7. The quantitative estimate of drug-likeness (QED) is 0.700. The molecule has 0 fully saturated rings. The lowest BCUT2D eigenvalue weighted by atomic mass is 10.2. The highest BCUT2D eigenvalue weighted by Gasteiger charge is 2.25. The van der Waals surface area contributed by atoms with Crippen LogP contribution in [0.4, 0.5) is 5.69 Å². The van der Waals surface area contributed by atoms with E-state index in [0.29, 0.717) is 31.1 Å². The number of aromatic nitrogens is 1. The van der Waals surface area contributed by atoms with E-state index >= 15 is 0 Å². The summed E-state index contributed by atoms with van der Waals surface area (Å²) in [5.41, 5.74) is 1.65. The average Bonchev–Trinajstić information content (AvgIpc) is 2.61. The Labute approximate surface area is 159 Å². The number of fused-ring (bicyclic) bond motifs is 1. The molecule has 27 heavy (non-hydrogen) atoms. The maximum absolute atomic E-state index is 12.2. The van der Waals surface area contributed by atoms with Crippen molar-refractivity contribution < 1.29 is 13.2 Å². The van der Waals surface area contributed by atoms with Gasteiger partial charge in [0.2, 0.25) is 11.8 Å². The second-order valence-electron chi connectivity index (χ2n) is 6.40. The van der Waals surface area contributed by atoms with E-state index in [1.54, 1.807) is 30.5 Å². The number of aliphatic imine (C=N–C) groups is 1. The van der Waals surface area contributed by atoms with Gasteiger partial charge in [0, 0.05) is 31.8 Å². The van der Waals surface area contributed by atoms with Gasteiger partial charge in [-0.3, -0.25) is 4.99 Å². The number of hydrogen-bond donors (Lipinski definition) is 2. The minimum absolute atomic E-state index is 0.218. The molecule has 0 bridgehead atoms. The first-order valence-corrected chi connectivity index (χ1v) is 10.1. The third kappa shape index (κ3) is 5.18. The van der Waals surface area contributed by atoms with Crippen LogP contribution in [0.5, 0.6) is 5.88 Å². The summed E-state index contributed by atoms with van der Waals surface area (Å²) in [6, 6.07) is 10.6. The number of para-hydroxylation sites is 1. The number of pyridine rings is 1. The van der Waals surface area contributed by atoms with Crippen molar-refractivity contribution in [1.82, 2.24) is 14.6 Å². The summed E-state index contributed by atoms with van der Waals surface area (Å²) in [6.07, 6.45) is 2.36. The van der Waals surface area contributed by atoms with E-state index in [-0.39, 0.29) is 10.9 Å². The highest BCUT2D eigenvalue weighted by molar-refractivity contribution is 7.90. The van der Waals surface area contributed by atoms with E-state index in [0.717, 1.165) is 12.1 Å². The van der Waals surface area contributed by atoms with Crippen LogP contribution in [0.25, 0.3) is 0 Å². The largest absolute Gasteiger partial charge is 0.478 e. The summed E-state index contributed by atoms with van der Waals surface area (Å²) in [5.74, 6) is 0.798. The normalized spacial score (nSPS) is 16.5. The number of nitrogens with zero attached hydrogens (tertiary/aromatic N) is 3. The Morgan fingerprint density at radius 2 is 2.04 bits per heavy atom. The van der Waals surface area contributed by atoms with Gasteiger partial charge in [-0.2, -0.15) is 0 Å². The molecular weight excluding hydrogens is 366 g/mol. The molecule has 1 aromatic carbocycles. The zero-order valence-corrected chi connectivity index (χ0v) is 16.2. The predicted molar refractivity (Wildman–Crippen MR) is 104 cm³/mol. The van der Waals surface area contributed by atoms with Crippen LogP contribution < -0.4 is 14.8 Å². The number of ether oxygens (including phenoxy) is 1. The first kappa shape index (κ1) is 19.1. The van der Waals surface area contributed by atoms with E-state index in [4.69, 9.17) is 4.74 Å². The SMILES string of the molecule is CN(C)Cc1ccnc(OCCCN=C2Nc3ccccc3S(=O)(=O)N2)c1. The summed E-state index contributed by atoms with van der Waals surface area (Å²) in [5, 5.41) is 2.99. The van der Waals surface area contributed by atoms with Gasteiger partial charge in [-0.25, -0.2) is 18.1 Å². The maximum Gasteiger partial charge on any atom is 0.266 e. The molecule has 3 rings (SSSR count). The Hall–Kier alpha value is -2.65. The molecule has 0 radical (unpaired) electrons. The first-order valence-electron chi connectivity index (χ1n) is 8.60. The van der Waals surface area contributed by atoms with Gasteiger partial charge >= 0.3 is 0 Å². The van der Waals surface area contributed by atoms with Crippen LogP contribution in [0.2, 0.25) is 0 Å². The summed E-state index contributed by atoms with van der Waals surface area (Å²) >= 11 is 0. The Morgan fingerprint density at radius 3 is 2.85 bits per heavy atom. The molecule has 0 atom stereocenters. The van der Waals surface area contributed by atoms with Crippen LogP contribution >= 0.6 is 0 Å². The van der Waals surface area contributed by atoms with Crippen LogP contribution in [0.1, 0.15) is 12.0 Å². The zero-order chi connectivity index (χ0) is 19.3. The highest BCUT2D eigenvalue weighted by Crippen LogP contribution is 2.23. The standard InChI is InChI=1S/C18H23N5O3S/c1-23(2)13-14-8-10-19-17(12-14)26-11-5-9-20-18-21-15-6-3-4-7-16(15)27(24,25)22-18/h3-4,6-8,10,12H,5,9,11,13H2,1-2H3,(H2,20,21,22). The average molecular weight is 389 g/mol. The summed E-state index contributed by atoms with van der Waals surface area (Å²) in [7, 11) is 0.432. The lowest BCUT2D eigenvalue weighted by Crippen LogP contribution is -2.40. The van der Waals surface area contributed by atoms with Crippen molar-refractivity contribution in [3.05, 3.63) is 48.2 Å². The summed E-state index contributed by atoms with van der Waals surface area (Å²) in [6.45, 7) is 1.68. The van der Waals surface area contributed by atoms with E-state index in [1.165, 1.54) is 0 Å². The molecule has 0 spiro atoms. The molecule has 9 heteroatoms. The second-order valence-corrected chi connectivity index (χ2v) is 8.05. The Bertz CT molecular complexity index is 928. The molecule has 0 saturated heterocycles. The summed E-state index contributed by atoms with van der Waals surface area (Å²) in [4.78, 5) is 10.8. The van der Waals surface area contributed by atoms with Gasteiger partial charge in [-0.05, 0) is 37.9 Å². The van der Waals surface area contributed by atoms with E-state index in [1.807, 2.05) is 26.2 Å². The molecule has 144 valence electrons. The molecule has 0 unspecified atom stereocenters. The van der Waals surface area contributed by atoms with Crippen LogP contribution in [0.3, 0.4) is 0 Å². The van der Waals surface area contributed by atoms with Crippen LogP contribution in [-0.4, -0.2) is 51.5 Å². The van der Waals surface area contributed by atoms with Crippen molar-refractivity contribution in [3.63, 3.8) is 0 Å². The molecule has 1 aliphatic heterocycles. The molecule has 2 N–H and O–H groups in total. The monoisotopic (exact) mass is 389 g/mol. The molecule has 8 nitrogen and oxygen atoms in total. The molecule has 1 aliphatic rings. The smallest absolute Gasteiger partial charge is 0.266 e. The fraction of sp³-hybridized carbons (Fsp3) is 0.333. The van der Waals surface area contributed by atoms with E-state index in [2.05, 4.69) is 24.9 Å². The molecule has 2 heterocycles. The van der Waals surface area contributed by atoms with Gasteiger partial charge in [0.1, 0.15) is 4.90 Å². The Kier molecular flexibility index (Phi) is 5.92. The number of sulfonamides is 1. The number of guanidine groups is 1. The maximum atomic E-state index is 12.2. The van der Waals surface area contributed by atoms with Crippen molar-refractivity contribution in [2.75, 3.05) is 32.6 Å². The molecule has 0 saturated carbocycles. The van der Waals surface area contributed by atoms with Crippen molar-refractivity contribution in [2.24, 2.45) is 4.99 Å². The van der Waals surface area contributed by atoms with Crippen molar-refractivity contribution >= 4 is 21.7 Å². The van der Waals surface area contributed by atoms with Crippen LogP contribution in [-0.2, 0) is 16.6 Å². The molecule has 0 aliphatic carbocycles. The third-order valence-corrected chi connectivity index (χ3v) is 5.18. The predicted octanol–water partition coefficient (Wildman–Crippen LogP) is 1.67. The minimum atomic E-state index is -3.58.